The highest BCUT2D eigenvalue weighted by Gasteiger charge is 2.40. The summed E-state index contributed by atoms with van der Waals surface area (Å²) in [5.74, 6) is -0.656. The van der Waals surface area contributed by atoms with Crippen LogP contribution in [0, 0.1) is 12.7 Å². The van der Waals surface area contributed by atoms with E-state index in [1.165, 1.54) is 6.07 Å². The van der Waals surface area contributed by atoms with Crippen LogP contribution in [0.15, 0.2) is 30.3 Å². The molecule has 2 aliphatic heterocycles. The van der Waals surface area contributed by atoms with Crippen molar-refractivity contribution in [3.63, 3.8) is 0 Å². The zero-order valence-corrected chi connectivity index (χ0v) is 15.8. The lowest BCUT2D eigenvalue weighted by Crippen LogP contribution is -2.45. The second kappa shape index (κ2) is 7.81. The van der Waals surface area contributed by atoms with Crippen molar-refractivity contribution in [2.24, 2.45) is 0 Å². The van der Waals surface area contributed by atoms with Crippen molar-refractivity contribution >= 4 is 11.9 Å². The Morgan fingerprint density at radius 1 is 1.21 bits per heavy atom. The highest BCUT2D eigenvalue weighted by Crippen LogP contribution is 2.32. The Morgan fingerprint density at radius 2 is 1.93 bits per heavy atom. The van der Waals surface area contributed by atoms with Crippen molar-refractivity contribution in [1.82, 2.24) is 15.3 Å². The number of rotatable bonds is 4. The van der Waals surface area contributed by atoms with Crippen molar-refractivity contribution in [3.05, 3.63) is 53.1 Å². The maximum Gasteiger partial charge on any atom is 0.270 e. The summed E-state index contributed by atoms with van der Waals surface area (Å²) < 4.78 is 25.2. The van der Waals surface area contributed by atoms with E-state index in [9.17, 15) is 9.18 Å². The molecule has 28 heavy (non-hydrogen) atoms. The summed E-state index contributed by atoms with van der Waals surface area (Å²) >= 11 is 0. The largest absolute Gasteiger partial charge is 0.347 e. The van der Waals surface area contributed by atoms with Crippen LogP contribution in [0.5, 0.6) is 0 Å². The zero-order chi connectivity index (χ0) is 19.6. The molecule has 1 spiro atoms. The Kier molecular flexibility index (Phi) is 5.23. The van der Waals surface area contributed by atoms with E-state index in [1.54, 1.807) is 24.3 Å². The first-order valence-electron chi connectivity index (χ1n) is 9.45. The summed E-state index contributed by atoms with van der Waals surface area (Å²) in [5, 5.41) is 2.73. The zero-order valence-electron chi connectivity index (χ0n) is 15.8. The van der Waals surface area contributed by atoms with Crippen molar-refractivity contribution in [1.29, 1.82) is 0 Å². The van der Waals surface area contributed by atoms with E-state index < -0.39 is 5.79 Å². The fourth-order valence-corrected chi connectivity index (χ4v) is 3.55. The Bertz CT molecular complexity index is 860. The lowest BCUT2D eigenvalue weighted by Gasteiger charge is -2.37. The maximum absolute atomic E-state index is 13.7. The molecule has 0 aliphatic carbocycles. The topological polar surface area (TPSA) is 76.6 Å². The molecule has 148 valence electrons. The number of piperidine rings is 1. The van der Waals surface area contributed by atoms with Crippen LogP contribution in [0.3, 0.4) is 0 Å². The first-order valence-corrected chi connectivity index (χ1v) is 9.45. The number of halogens is 1. The number of carbonyl (C=O) groups excluding carboxylic acids is 1. The highest BCUT2D eigenvalue weighted by atomic mass is 19.1. The van der Waals surface area contributed by atoms with Gasteiger partial charge in [0.25, 0.3) is 5.91 Å². The number of nitrogens with one attached hydrogen (secondary N) is 1. The predicted octanol–water partition coefficient (Wildman–Crippen LogP) is 2.20. The Morgan fingerprint density at radius 3 is 2.64 bits per heavy atom. The van der Waals surface area contributed by atoms with Gasteiger partial charge in [-0.15, -0.1) is 0 Å². The number of benzene rings is 1. The molecule has 2 aromatic rings. The molecule has 3 heterocycles. The Labute approximate surface area is 162 Å². The van der Waals surface area contributed by atoms with Gasteiger partial charge in [0.15, 0.2) is 5.79 Å². The Hall–Kier alpha value is -2.58. The molecule has 0 bridgehead atoms. The third kappa shape index (κ3) is 3.98. The second-order valence-electron chi connectivity index (χ2n) is 7.06. The van der Waals surface area contributed by atoms with Crippen LogP contribution in [-0.2, 0) is 16.0 Å². The summed E-state index contributed by atoms with van der Waals surface area (Å²) in [6.07, 6.45) is 1.47. The van der Waals surface area contributed by atoms with Crippen LogP contribution in [0.25, 0.3) is 0 Å². The molecule has 0 saturated carbocycles. The number of hydrogen-bond acceptors (Lipinski definition) is 6. The molecule has 1 N–H and O–H groups in total. The van der Waals surface area contributed by atoms with Crippen LogP contribution < -0.4 is 10.2 Å². The van der Waals surface area contributed by atoms with E-state index in [0.717, 1.165) is 12.8 Å². The first-order chi connectivity index (χ1) is 13.5. The van der Waals surface area contributed by atoms with E-state index in [1.807, 2.05) is 11.8 Å². The summed E-state index contributed by atoms with van der Waals surface area (Å²) in [4.78, 5) is 23.5. The Balaban J connectivity index is 1.43. The molecule has 1 amide bonds. The first kappa shape index (κ1) is 18.8. The molecule has 0 unspecified atom stereocenters. The monoisotopic (exact) mass is 386 g/mol. The molecule has 7 nitrogen and oxygen atoms in total. The van der Waals surface area contributed by atoms with E-state index in [-0.39, 0.29) is 24.0 Å². The van der Waals surface area contributed by atoms with Crippen molar-refractivity contribution in [2.45, 2.75) is 32.1 Å². The molecule has 2 saturated heterocycles. The molecule has 4 rings (SSSR count). The van der Waals surface area contributed by atoms with Gasteiger partial charge in [0, 0.05) is 43.7 Å². The number of aryl methyl sites for hydroxylation is 1. The summed E-state index contributed by atoms with van der Waals surface area (Å²) in [5.41, 5.74) is 1.40. The van der Waals surface area contributed by atoms with Gasteiger partial charge < -0.3 is 19.7 Å². The van der Waals surface area contributed by atoms with Crippen LogP contribution in [0.1, 0.15) is 34.6 Å². The standard InChI is InChI=1S/C20H23FN4O3/c1-14-12-17(18(26)22-13-15-4-2-3-5-16(15)21)24-19(23-14)25-8-6-20(7-9-25)27-10-11-28-20/h2-5,12H,6-11,13H2,1H3,(H,22,26). The third-order valence-corrected chi connectivity index (χ3v) is 5.09. The maximum atomic E-state index is 13.7. The molecule has 2 aliphatic rings. The fourth-order valence-electron chi connectivity index (χ4n) is 3.55. The van der Waals surface area contributed by atoms with Gasteiger partial charge in [-0.1, -0.05) is 18.2 Å². The minimum atomic E-state index is -0.472. The summed E-state index contributed by atoms with van der Waals surface area (Å²) in [6.45, 7) is 4.58. The lowest BCUT2D eigenvalue weighted by molar-refractivity contribution is -0.169. The number of hydrogen-bond donors (Lipinski definition) is 1. The van der Waals surface area contributed by atoms with E-state index >= 15 is 0 Å². The smallest absolute Gasteiger partial charge is 0.270 e. The molecule has 8 heteroatoms. The molecule has 0 radical (unpaired) electrons. The lowest BCUT2D eigenvalue weighted by atomic mass is 10.0. The van der Waals surface area contributed by atoms with Crippen LogP contribution in [0.2, 0.25) is 0 Å². The number of aromatic nitrogens is 2. The average molecular weight is 386 g/mol. The fraction of sp³-hybridized carbons (Fsp3) is 0.450. The van der Waals surface area contributed by atoms with Gasteiger partial charge in [-0.2, -0.15) is 0 Å². The van der Waals surface area contributed by atoms with Gasteiger partial charge in [0.1, 0.15) is 11.5 Å². The van der Waals surface area contributed by atoms with Crippen LogP contribution in [0.4, 0.5) is 10.3 Å². The minimum Gasteiger partial charge on any atom is -0.347 e. The predicted molar refractivity (Wildman–Crippen MR) is 100 cm³/mol. The minimum absolute atomic E-state index is 0.102. The summed E-state index contributed by atoms with van der Waals surface area (Å²) in [6, 6.07) is 8.00. The second-order valence-corrected chi connectivity index (χ2v) is 7.06. The number of carbonyl (C=O) groups is 1. The van der Waals surface area contributed by atoms with Gasteiger partial charge in [-0.05, 0) is 19.1 Å². The van der Waals surface area contributed by atoms with Gasteiger partial charge in [-0.3, -0.25) is 4.79 Å². The van der Waals surface area contributed by atoms with Crippen LogP contribution >= 0.6 is 0 Å². The SMILES string of the molecule is Cc1cc(C(=O)NCc2ccccc2F)nc(N2CCC3(CC2)OCCO3)n1. The van der Waals surface area contributed by atoms with E-state index in [2.05, 4.69) is 15.3 Å². The summed E-state index contributed by atoms with van der Waals surface area (Å²) in [7, 11) is 0. The molecular weight excluding hydrogens is 363 g/mol. The molecule has 1 aromatic carbocycles. The van der Waals surface area contributed by atoms with Gasteiger partial charge in [0.05, 0.1) is 13.2 Å². The van der Waals surface area contributed by atoms with Crippen molar-refractivity contribution in [2.75, 3.05) is 31.2 Å². The number of anilines is 1. The van der Waals surface area contributed by atoms with Crippen molar-refractivity contribution in [3.8, 4) is 0 Å². The van der Waals surface area contributed by atoms with Gasteiger partial charge in [-0.25, -0.2) is 14.4 Å². The number of ether oxygens (including phenoxy) is 2. The van der Waals surface area contributed by atoms with Crippen LogP contribution in [-0.4, -0.2) is 48.0 Å². The number of nitrogens with zero attached hydrogens (tertiary/aromatic N) is 3. The quantitative estimate of drug-likeness (QED) is 0.868. The highest BCUT2D eigenvalue weighted by molar-refractivity contribution is 5.92. The van der Waals surface area contributed by atoms with E-state index in [0.29, 0.717) is 43.5 Å². The molecule has 2 fully saturated rings. The third-order valence-electron chi connectivity index (χ3n) is 5.09. The van der Waals surface area contributed by atoms with Gasteiger partial charge in [0.2, 0.25) is 5.95 Å². The normalized spacial score (nSPS) is 18.4. The van der Waals surface area contributed by atoms with E-state index in [4.69, 9.17) is 9.47 Å². The van der Waals surface area contributed by atoms with Crippen molar-refractivity contribution < 1.29 is 18.7 Å². The molecular formula is C20H23FN4O3. The van der Waals surface area contributed by atoms with Gasteiger partial charge >= 0.3 is 0 Å². The average Bonchev–Trinajstić information content (AvgIpc) is 3.15. The number of amides is 1. The molecule has 0 atom stereocenters. The molecule has 1 aromatic heterocycles.